The number of carboxylic acids is 1. The number of carboxylic acid groups (broad SMARTS) is 1. The highest BCUT2D eigenvalue weighted by Gasteiger charge is 2.26. The Morgan fingerprint density at radius 1 is 0.800 bits per heavy atom. The Morgan fingerprint density at radius 2 is 1.33 bits per heavy atom. The Kier molecular flexibility index (Phi) is 4.52. The standard InChI is InChI=1S/C25H17NO3S/c27-25(28)23(30)24-26-21(19-13-5-9-15-7-1-3-11-17(15)19)22(29-24)20-14-6-10-16-8-2-4-12-18(16)20/h1-14,23,30H,(H,27,28). The Labute approximate surface area is 178 Å². The third kappa shape index (κ3) is 3.04. The molecule has 0 saturated carbocycles. The summed E-state index contributed by atoms with van der Waals surface area (Å²) in [4.78, 5) is 16.2. The maximum absolute atomic E-state index is 11.5. The molecule has 0 aliphatic heterocycles. The number of benzene rings is 4. The summed E-state index contributed by atoms with van der Waals surface area (Å²) in [5.74, 6) is -0.497. The summed E-state index contributed by atoms with van der Waals surface area (Å²) >= 11 is 4.19. The van der Waals surface area contributed by atoms with Gasteiger partial charge in [0.2, 0.25) is 5.89 Å². The minimum atomic E-state index is -1.15. The van der Waals surface area contributed by atoms with E-state index in [1.54, 1.807) is 0 Å². The molecule has 5 heteroatoms. The second-order valence-corrected chi connectivity index (χ2v) is 7.54. The summed E-state index contributed by atoms with van der Waals surface area (Å²) in [5.41, 5.74) is 2.36. The molecular weight excluding hydrogens is 394 g/mol. The first-order valence-electron chi connectivity index (χ1n) is 9.51. The monoisotopic (exact) mass is 411 g/mol. The third-order valence-electron chi connectivity index (χ3n) is 5.19. The van der Waals surface area contributed by atoms with Crippen molar-refractivity contribution in [1.82, 2.24) is 4.98 Å². The maximum atomic E-state index is 11.5. The first kappa shape index (κ1) is 18.5. The molecule has 1 heterocycles. The summed E-state index contributed by atoms with van der Waals surface area (Å²) in [7, 11) is 0. The minimum absolute atomic E-state index is 0.0664. The molecule has 0 saturated heterocycles. The molecule has 146 valence electrons. The van der Waals surface area contributed by atoms with Crippen molar-refractivity contribution in [1.29, 1.82) is 0 Å². The SMILES string of the molecule is O=C(O)C(S)c1nc(-c2cccc3ccccc23)c(-c2cccc3ccccc23)o1. The Hall–Kier alpha value is -3.57. The second kappa shape index (κ2) is 7.35. The molecule has 0 fully saturated rings. The lowest BCUT2D eigenvalue weighted by molar-refractivity contribution is -0.136. The molecule has 0 radical (unpaired) electrons. The van der Waals surface area contributed by atoms with Crippen molar-refractivity contribution in [3.63, 3.8) is 0 Å². The van der Waals surface area contributed by atoms with E-state index in [4.69, 9.17) is 4.42 Å². The fourth-order valence-corrected chi connectivity index (χ4v) is 3.89. The Morgan fingerprint density at radius 3 is 1.97 bits per heavy atom. The van der Waals surface area contributed by atoms with Gasteiger partial charge in [0.25, 0.3) is 0 Å². The van der Waals surface area contributed by atoms with Gasteiger partial charge in [-0.1, -0.05) is 84.9 Å². The zero-order valence-corrected chi connectivity index (χ0v) is 16.7. The van der Waals surface area contributed by atoms with E-state index in [1.165, 1.54) is 0 Å². The van der Waals surface area contributed by atoms with E-state index in [0.717, 1.165) is 32.7 Å². The number of fused-ring (bicyclic) bond motifs is 2. The smallest absolute Gasteiger partial charge is 0.325 e. The van der Waals surface area contributed by atoms with E-state index < -0.39 is 11.2 Å². The number of thiol groups is 1. The highest BCUT2D eigenvalue weighted by atomic mass is 32.1. The Bertz CT molecular complexity index is 1300. The largest absolute Gasteiger partial charge is 0.480 e. The first-order chi connectivity index (χ1) is 14.6. The van der Waals surface area contributed by atoms with Crippen LogP contribution < -0.4 is 0 Å². The summed E-state index contributed by atoms with van der Waals surface area (Å²) < 4.78 is 6.07. The maximum Gasteiger partial charge on any atom is 0.325 e. The van der Waals surface area contributed by atoms with Crippen molar-refractivity contribution in [2.24, 2.45) is 0 Å². The molecule has 30 heavy (non-hydrogen) atoms. The quantitative estimate of drug-likeness (QED) is 0.337. The average Bonchev–Trinajstić information content (AvgIpc) is 3.22. The van der Waals surface area contributed by atoms with Crippen LogP contribution in [-0.4, -0.2) is 16.1 Å². The number of hydrogen-bond acceptors (Lipinski definition) is 4. The normalized spacial score (nSPS) is 12.3. The van der Waals surface area contributed by atoms with Gasteiger partial charge in [0.05, 0.1) is 0 Å². The van der Waals surface area contributed by atoms with Crippen LogP contribution in [0.2, 0.25) is 0 Å². The molecule has 4 nitrogen and oxygen atoms in total. The van der Waals surface area contributed by atoms with Crippen LogP contribution in [0.3, 0.4) is 0 Å². The molecule has 0 aliphatic carbocycles. The van der Waals surface area contributed by atoms with Crippen LogP contribution in [0.5, 0.6) is 0 Å². The van der Waals surface area contributed by atoms with Crippen LogP contribution in [0.15, 0.2) is 89.3 Å². The van der Waals surface area contributed by atoms with Gasteiger partial charge in [-0.05, 0) is 21.5 Å². The van der Waals surface area contributed by atoms with Gasteiger partial charge in [0.15, 0.2) is 11.0 Å². The number of nitrogens with zero attached hydrogens (tertiary/aromatic N) is 1. The molecule has 1 aromatic heterocycles. The summed E-state index contributed by atoms with van der Waals surface area (Å²) in [6.45, 7) is 0. The van der Waals surface area contributed by atoms with Gasteiger partial charge in [0, 0.05) is 11.1 Å². The van der Waals surface area contributed by atoms with Gasteiger partial charge < -0.3 is 9.52 Å². The van der Waals surface area contributed by atoms with Gasteiger partial charge in [-0.3, -0.25) is 4.79 Å². The van der Waals surface area contributed by atoms with Gasteiger partial charge in [-0.15, -0.1) is 0 Å². The van der Waals surface area contributed by atoms with Crippen molar-refractivity contribution >= 4 is 40.1 Å². The van der Waals surface area contributed by atoms with Gasteiger partial charge in [-0.2, -0.15) is 12.6 Å². The molecule has 1 N–H and O–H groups in total. The lowest BCUT2D eigenvalue weighted by atomic mass is 9.97. The van der Waals surface area contributed by atoms with E-state index in [1.807, 2.05) is 84.9 Å². The van der Waals surface area contributed by atoms with E-state index in [-0.39, 0.29) is 5.89 Å². The fraction of sp³-hybridized carbons (Fsp3) is 0.0400. The molecule has 4 aromatic carbocycles. The predicted molar refractivity (Wildman–Crippen MR) is 122 cm³/mol. The number of hydrogen-bond donors (Lipinski definition) is 2. The zero-order valence-electron chi connectivity index (χ0n) is 15.8. The van der Waals surface area contributed by atoms with Crippen LogP contribution in [0, 0.1) is 0 Å². The second-order valence-electron chi connectivity index (χ2n) is 7.02. The van der Waals surface area contributed by atoms with Crippen LogP contribution in [-0.2, 0) is 4.79 Å². The number of carbonyl (C=O) groups is 1. The summed E-state index contributed by atoms with van der Waals surface area (Å²) in [5, 5.41) is 12.5. The first-order valence-corrected chi connectivity index (χ1v) is 10.0. The average molecular weight is 411 g/mol. The van der Waals surface area contributed by atoms with Crippen LogP contribution in [0.1, 0.15) is 11.1 Å². The molecule has 1 atom stereocenters. The van der Waals surface area contributed by atoms with Gasteiger partial charge >= 0.3 is 5.97 Å². The highest BCUT2D eigenvalue weighted by molar-refractivity contribution is 7.81. The highest BCUT2D eigenvalue weighted by Crippen LogP contribution is 2.40. The number of oxazole rings is 1. The van der Waals surface area contributed by atoms with Crippen molar-refractivity contribution in [3.05, 3.63) is 90.8 Å². The lowest BCUT2D eigenvalue weighted by Crippen LogP contribution is -2.05. The molecule has 1 unspecified atom stereocenters. The molecule has 5 aromatic rings. The van der Waals surface area contributed by atoms with Crippen molar-refractivity contribution < 1.29 is 14.3 Å². The zero-order chi connectivity index (χ0) is 20.7. The topological polar surface area (TPSA) is 63.3 Å². The van der Waals surface area contributed by atoms with E-state index >= 15 is 0 Å². The summed E-state index contributed by atoms with van der Waals surface area (Å²) in [6.07, 6.45) is 0. The van der Waals surface area contributed by atoms with Crippen molar-refractivity contribution in [2.75, 3.05) is 0 Å². The van der Waals surface area contributed by atoms with Gasteiger partial charge in [-0.25, -0.2) is 4.98 Å². The number of aromatic nitrogens is 1. The lowest BCUT2D eigenvalue weighted by Gasteiger charge is -2.08. The van der Waals surface area contributed by atoms with E-state index in [2.05, 4.69) is 17.6 Å². The van der Waals surface area contributed by atoms with E-state index in [0.29, 0.717) is 11.5 Å². The molecule has 0 aliphatic rings. The van der Waals surface area contributed by atoms with Crippen molar-refractivity contribution in [3.8, 4) is 22.6 Å². The predicted octanol–water partition coefficient (Wildman–Crippen LogP) is 6.37. The molecular formula is C25H17NO3S. The molecule has 0 bridgehead atoms. The number of rotatable bonds is 4. The Balaban J connectivity index is 1.83. The molecule has 0 spiro atoms. The third-order valence-corrected chi connectivity index (χ3v) is 5.63. The minimum Gasteiger partial charge on any atom is -0.480 e. The van der Waals surface area contributed by atoms with Gasteiger partial charge in [0.1, 0.15) is 5.69 Å². The molecule has 5 rings (SSSR count). The van der Waals surface area contributed by atoms with E-state index in [9.17, 15) is 9.90 Å². The van der Waals surface area contributed by atoms with Crippen LogP contribution >= 0.6 is 12.6 Å². The molecule has 0 amide bonds. The van der Waals surface area contributed by atoms with Crippen molar-refractivity contribution in [2.45, 2.75) is 5.25 Å². The van der Waals surface area contributed by atoms with Crippen LogP contribution in [0.25, 0.3) is 44.1 Å². The number of aliphatic carboxylic acids is 1. The fourth-order valence-electron chi connectivity index (χ4n) is 3.78. The summed E-state index contributed by atoms with van der Waals surface area (Å²) in [6, 6.07) is 28.0. The van der Waals surface area contributed by atoms with Crippen LogP contribution in [0.4, 0.5) is 0 Å².